The molecule has 0 saturated heterocycles. The van der Waals surface area contributed by atoms with Crippen molar-refractivity contribution in [3.63, 3.8) is 0 Å². The van der Waals surface area contributed by atoms with Crippen molar-refractivity contribution in [2.24, 2.45) is 5.73 Å². The number of amides is 2. The Morgan fingerprint density at radius 3 is 2.53 bits per heavy atom. The first kappa shape index (κ1) is 20.1. The van der Waals surface area contributed by atoms with Gasteiger partial charge in [-0.15, -0.1) is 0 Å². The van der Waals surface area contributed by atoms with Crippen LogP contribution in [0.25, 0.3) is 11.1 Å². The molecule has 1 heterocycles. The highest BCUT2D eigenvalue weighted by Gasteiger charge is 2.36. The quantitative estimate of drug-likeness (QED) is 0.715. The molecule has 2 aromatic rings. The second-order valence-electron chi connectivity index (χ2n) is 8.33. The minimum Gasteiger partial charge on any atom is -0.348 e. The van der Waals surface area contributed by atoms with Gasteiger partial charge in [0.25, 0.3) is 5.91 Å². The summed E-state index contributed by atoms with van der Waals surface area (Å²) in [5.74, 6) is -0.240. The fourth-order valence-corrected chi connectivity index (χ4v) is 4.32. The monoisotopic (exact) mass is 402 g/mol. The molecule has 2 aliphatic rings. The summed E-state index contributed by atoms with van der Waals surface area (Å²) in [6.45, 7) is 0.562. The Hall–Kier alpha value is -3.17. The van der Waals surface area contributed by atoms with Crippen LogP contribution in [0, 0.1) is 11.3 Å². The summed E-state index contributed by atoms with van der Waals surface area (Å²) in [5.41, 5.74) is 10.2. The van der Waals surface area contributed by atoms with Crippen molar-refractivity contribution < 1.29 is 9.59 Å². The molecule has 0 unspecified atom stereocenters. The lowest BCUT2D eigenvalue weighted by molar-refractivity contribution is -0.127. The highest BCUT2D eigenvalue weighted by Crippen LogP contribution is 2.27. The fourth-order valence-electron chi connectivity index (χ4n) is 4.32. The summed E-state index contributed by atoms with van der Waals surface area (Å²) in [5, 5.41) is 15.2. The van der Waals surface area contributed by atoms with Gasteiger partial charge in [-0.2, -0.15) is 5.26 Å². The summed E-state index contributed by atoms with van der Waals surface area (Å²) in [6.07, 6.45) is 4.80. The number of rotatable bonds is 5. The smallest absolute Gasteiger partial charge is 0.251 e. The van der Waals surface area contributed by atoms with Crippen molar-refractivity contribution >= 4 is 11.8 Å². The molecule has 2 aromatic carbocycles. The number of nitrogens with two attached hydrogens (primary N) is 1. The number of carbonyl (C=O) groups excluding carboxylic acids is 2. The average Bonchev–Trinajstić information content (AvgIpc) is 3.14. The summed E-state index contributed by atoms with van der Waals surface area (Å²) in [6, 6.07) is 15.4. The van der Waals surface area contributed by atoms with E-state index in [0.29, 0.717) is 25.8 Å². The maximum Gasteiger partial charge on any atom is 0.251 e. The van der Waals surface area contributed by atoms with E-state index in [1.54, 1.807) is 0 Å². The Balaban J connectivity index is 1.42. The number of nitrogens with zero attached hydrogens (tertiary/aromatic N) is 1. The van der Waals surface area contributed by atoms with Gasteiger partial charge in [-0.25, -0.2) is 0 Å². The molecule has 0 bridgehead atoms. The SMILES string of the molecule is N#C[C@H](Cc1ccc(-c2ccc3c(c2)CNC3=O)cc1)NC(=O)C1(N)CCCCC1. The normalized spacial score (nSPS) is 18.1. The zero-order valence-corrected chi connectivity index (χ0v) is 16.9. The highest BCUT2D eigenvalue weighted by molar-refractivity contribution is 5.98. The van der Waals surface area contributed by atoms with Crippen molar-refractivity contribution in [2.75, 3.05) is 0 Å². The molecule has 1 aliphatic carbocycles. The van der Waals surface area contributed by atoms with Crippen LogP contribution in [0.3, 0.4) is 0 Å². The fraction of sp³-hybridized carbons (Fsp3) is 0.375. The average molecular weight is 402 g/mol. The molecule has 30 heavy (non-hydrogen) atoms. The summed E-state index contributed by atoms with van der Waals surface area (Å²) < 4.78 is 0. The van der Waals surface area contributed by atoms with Crippen molar-refractivity contribution in [1.29, 1.82) is 5.26 Å². The first-order chi connectivity index (χ1) is 14.5. The van der Waals surface area contributed by atoms with E-state index in [1.165, 1.54) is 0 Å². The highest BCUT2D eigenvalue weighted by atomic mass is 16.2. The van der Waals surface area contributed by atoms with E-state index in [9.17, 15) is 14.9 Å². The van der Waals surface area contributed by atoms with Crippen LogP contribution in [0.2, 0.25) is 0 Å². The van der Waals surface area contributed by atoms with Crippen LogP contribution < -0.4 is 16.4 Å². The second kappa shape index (κ2) is 8.29. The molecular formula is C24H26N4O2. The molecule has 4 rings (SSSR count). The molecule has 0 spiro atoms. The number of hydrogen-bond acceptors (Lipinski definition) is 4. The van der Waals surface area contributed by atoms with Gasteiger partial charge in [-0.1, -0.05) is 49.6 Å². The zero-order chi connectivity index (χ0) is 21.1. The predicted molar refractivity (Wildman–Crippen MR) is 114 cm³/mol. The Kier molecular flexibility index (Phi) is 5.56. The predicted octanol–water partition coefficient (Wildman–Crippen LogP) is 2.81. The van der Waals surface area contributed by atoms with Crippen molar-refractivity contribution in [1.82, 2.24) is 10.6 Å². The van der Waals surface area contributed by atoms with Crippen molar-refractivity contribution in [3.05, 3.63) is 59.2 Å². The van der Waals surface area contributed by atoms with Crippen LogP contribution in [0.5, 0.6) is 0 Å². The lowest BCUT2D eigenvalue weighted by atomic mass is 9.81. The lowest BCUT2D eigenvalue weighted by Gasteiger charge is -2.32. The largest absolute Gasteiger partial charge is 0.348 e. The topological polar surface area (TPSA) is 108 Å². The Morgan fingerprint density at radius 2 is 1.83 bits per heavy atom. The van der Waals surface area contributed by atoms with Crippen LogP contribution in [0.15, 0.2) is 42.5 Å². The molecule has 154 valence electrons. The molecule has 6 nitrogen and oxygen atoms in total. The minimum atomic E-state index is -0.846. The van der Waals surface area contributed by atoms with Gasteiger partial charge in [0.2, 0.25) is 5.91 Å². The van der Waals surface area contributed by atoms with E-state index < -0.39 is 11.6 Å². The third-order valence-corrected chi connectivity index (χ3v) is 6.18. The molecule has 0 aromatic heterocycles. The van der Waals surface area contributed by atoms with Gasteiger partial charge < -0.3 is 16.4 Å². The first-order valence-electron chi connectivity index (χ1n) is 10.5. The molecule has 1 saturated carbocycles. The van der Waals surface area contributed by atoms with Gasteiger partial charge in [0.15, 0.2) is 0 Å². The van der Waals surface area contributed by atoms with E-state index in [1.807, 2.05) is 42.5 Å². The van der Waals surface area contributed by atoms with Crippen LogP contribution in [-0.2, 0) is 17.8 Å². The van der Waals surface area contributed by atoms with Crippen LogP contribution in [0.4, 0.5) is 0 Å². The number of nitrogens with one attached hydrogen (secondary N) is 2. The molecule has 2 amide bonds. The van der Waals surface area contributed by atoms with Gasteiger partial charge in [-0.05, 0) is 47.2 Å². The third-order valence-electron chi connectivity index (χ3n) is 6.18. The van der Waals surface area contributed by atoms with Crippen LogP contribution in [-0.4, -0.2) is 23.4 Å². The maximum atomic E-state index is 12.6. The van der Waals surface area contributed by atoms with E-state index in [0.717, 1.165) is 47.1 Å². The summed E-state index contributed by atoms with van der Waals surface area (Å²) >= 11 is 0. The molecule has 6 heteroatoms. The third kappa shape index (κ3) is 4.07. The number of benzene rings is 2. The van der Waals surface area contributed by atoms with Crippen LogP contribution in [0.1, 0.15) is 53.6 Å². The Labute approximate surface area is 176 Å². The molecule has 4 N–H and O–H groups in total. The van der Waals surface area contributed by atoms with Crippen LogP contribution >= 0.6 is 0 Å². The lowest BCUT2D eigenvalue weighted by Crippen LogP contribution is -2.57. The first-order valence-corrected chi connectivity index (χ1v) is 10.5. The van der Waals surface area contributed by atoms with Gasteiger partial charge in [0, 0.05) is 18.5 Å². The van der Waals surface area contributed by atoms with E-state index >= 15 is 0 Å². The van der Waals surface area contributed by atoms with E-state index in [4.69, 9.17) is 5.73 Å². The number of nitriles is 1. The van der Waals surface area contributed by atoms with E-state index in [-0.39, 0.29) is 11.8 Å². The minimum absolute atomic E-state index is 0.0241. The van der Waals surface area contributed by atoms with Gasteiger partial charge >= 0.3 is 0 Å². The van der Waals surface area contributed by atoms with Gasteiger partial charge in [0.05, 0.1) is 11.6 Å². The van der Waals surface area contributed by atoms with Crippen molar-refractivity contribution in [3.8, 4) is 17.2 Å². The van der Waals surface area contributed by atoms with Crippen molar-refractivity contribution in [2.45, 2.75) is 56.7 Å². The number of hydrogen-bond donors (Lipinski definition) is 3. The summed E-state index contributed by atoms with van der Waals surface area (Å²) in [7, 11) is 0. The van der Waals surface area contributed by atoms with E-state index in [2.05, 4.69) is 16.7 Å². The molecule has 1 aliphatic heterocycles. The molecular weight excluding hydrogens is 376 g/mol. The maximum absolute atomic E-state index is 12.6. The number of fused-ring (bicyclic) bond motifs is 1. The van der Waals surface area contributed by atoms with Gasteiger partial charge in [0.1, 0.15) is 6.04 Å². The standard InChI is InChI=1S/C24H26N4O2/c25-14-20(28-23(30)24(26)10-2-1-3-11-24)12-16-4-6-17(7-5-16)18-8-9-21-19(13-18)15-27-22(21)29/h4-9,13,20H,1-3,10-12,15,26H2,(H,27,29)(H,28,30)/t20-/m0/s1. The summed E-state index contributed by atoms with van der Waals surface area (Å²) in [4.78, 5) is 24.3. The van der Waals surface area contributed by atoms with Gasteiger partial charge in [-0.3, -0.25) is 9.59 Å². The second-order valence-corrected chi connectivity index (χ2v) is 8.33. The number of carbonyl (C=O) groups is 2. The zero-order valence-electron chi connectivity index (χ0n) is 16.9. The Bertz CT molecular complexity index is 1000. The Morgan fingerprint density at radius 1 is 1.13 bits per heavy atom. The molecule has 1 fully saturated rings. The molecule has 1 atom stereocenters. The molecule has 0 radical (unpaired) electrons.